The molecule has 2 aromatic carbocycles. The fourth-order valence-electron chi connectivity index (χ4n) is 3.15. The number of halogens is 2. The molecular weight excluding hydrogens is 415 g/mol. The summed E-state index contributed by atoms with van der Waals surface area (Å²) >= 11 is 3.25. The van der Waals surface area contributed by atoms with Crippen LogP contribution < -0.4 is 5.32 Å². The van der Waals surface area contributed by atoms with Gasteiger partial charge in [0.1, 0.15) is 5.82 Å². The molecule has 0 saturated carbocycles. The Bertz CT molecular complexity index is 864. The maximum Gasteiger partial charge on any atom is 0.256 e. The maximum atomic E-state index is 13.5. The first-order valence-electron chi connectivity index (χ1n) is 8.65. The molecule has 0 radical (unpaired) electrons. The zero-order chi connectivity index (χ0) is 19.6. The molecule has 2 amide bonds. The summed E-state index contributed by atoms with van der Waals surface area (Å²) in [6, 6.07) is 10.7. The number of carbonyl (C=O) groups is 2. The maximum absolute atomic E-state index is 13.5. The van der Waals surface area contributed by atoms with E-state index in [0.717, 1.165) is 6.07 Å². The Kier molecular flexibility index (Phi) is 5.92. The predicted molar refractivity (Wildman–Crippen MR) is 104 cm³/mol. The van der Waals surface area contributed by atoms with Crippen LogP contribution in [0.5, 0.6) is 0 Å². The second kappa shape index (κ2) is 8.19. The largest absolute Gasteiger partial charge is 0.372 e. The van der Waals surface area contributed by atoms with E-state index < -0.39 is 11.7 Å². The van der Waals surface area contributed by atoms with Crippen molar-refractivity contribution in [2.24, 2.45) is 0 Å². The van der Waals surface area contributed by atoms with E-state index in [1.165, 1.54) is 12.1 Å². The molecule has 1 aliphatic heterocycles. The van der Waals surface area contributed by atoms with Gasteiger partial charge in [-0.3, -0.25) is 9.59 Å². The molecule has 1 aliphatic rings. The highest BCUT2D eigenvalue weighted by Gasteiger charge is 2.28. The molecule has 27 heavy (non-hydrogen) atoms. The number of nitrogens with one attached hydrogen (secondary N) is 1. The van der Waals surface area contributed by atoms with Gasteiger partial charge in [0.15, 0.2) is 0 Å². The average molecular weight is 435 g/mol. The molecule has 2 unspecified atom stereocenters. The Hall–Kier alpha value is -2.25. The lowest BCUT2D eigenvalue weighted by Gasteiger charge is -2.35. The van der Waals surface area contributed by atoms with Crippen molar-refractivity contribution in [2.75, 3.05) is 18.4 Å². The topological polar surface area (TPSA) is 58.6 Å². The second-order valence-electron chi connectivity index (χ2n) is 6.59. The number of carbonyl (C=O) groups excluding carboxylic acids is 2. The first-order chi connectivity index (χ1) is 12.8. The molecule has 2 aromatic rings. The quantitative estimate of drug-likeness (QED) is 0.791. The Morgan fingerprint density at radius 3 is 2.48 bits per heavy atom. The molecule has 1 fully saturated rings. The molecular formula is C20H20BrFN2O3. The van der Waals surface area contributed by atoms with Gasteiger partial charge in [0.05, 0.1) is 29.0 Å². The van der Waals surface area contributed by atoms with Gasteiger partial charge in [-0.05, 0) is 60.1 Å². The SMILES string of the molecule is CC1CN(C(=O)c2ccccc2NC(=O)c2cc(F)ccc2Br)CC(C)O1. The number of hydrogen-bond donors (Lipinski definition) is 1. The summed E-state index contributed by atoms with van der Waals surface area (Å²) in [5, 5.41) is 2.72. The summed E-state index contributed by atoms with van der Waals surface area (Å²) in [6.45, 7) is 4.82. The van der Waals surface area contributed by atoms with Crippen LogP contribution in [0.25, 0.3) is 0 Å². The number of para-hydroxylation sites is 1. The fraction of sp³-hybridized carbons (Fsp3) is 0.300. The number of hydrogen-bond acceptors (Lipinski definition) is 3. The van der Waals surface area contributed by atoms with E-state index >= 15 is 0 Å². The summed E-state index contributed by atoms with van der Waals surface area (Å²) in [5.74, 6) is -1.18. The molecule has 142 valence electrons. The van der Waals surface area contributed by atoms with Gasteiger partial charge in [0.2, 0.25) is 0 Å². The van der Waals surface area contributed by atoms with Gasteiger partial charge in [0, 0.05) is 17.6 Å². The lowest BCUT2D eigenvalue weighted by atomic mass is 10.1. The van der Waals surface area contributed by atoms with Gasteiger partial charge in [-0.2, -0.15) is 0 Å². The summed E-state index contributed by atoms with van der Waals surface area (Å²) < 4.78 is 19.6. The van der Waals surface area contributed by atoms with Crippen LogP contribution in [0.15, 0.2) is 46.9 Å². The van der Waals surface area contributed by atoms with Crippen LogP contribution in [-0.4, -0.2) is 42.0 Å². The summed E-state index contributed by atoms with van der Waals surface area (Å²) in [7, 11) is 0. The van der Waals surface area contributed by atoms with Gasteiger partial charge in [-0.25, -0.2) is 4.39 Å². The van der Waals surface area contributed by atoms with Crippen LogP contribution >= 0.6 is 15.9 Å². The molecule has 2 atom stereocenters. The Labute approximate surface area is 165 Å². The highest BCUT2D eigenvalue weighted by atomic mass is 79.9. The lowest BCUT2D eigenvalue weighted by molar-refractivity contribution is -0.0585. The number of benzene rings is 2. The molecule has 7 heteroatoms. The molecule has 1 N–H and O–H groups in total. The third kappa shape index (κ3) is 4.54. The van der Waals surface area contributed by atoms with Gasteiger partial charge in [0.25, 0.3) is 11.8 Å². The molecule has 1 heterocycles. The minimum absolute atomic E-state index is 0.0531. The highest BCUT2D eigenvalue weighted by Crippen LogP contribution is 2.23. The molecule has 1 saturated heterocycles. The van der Waals surface area contributed by atoms with Gasteiger partial charge >= 0.3 is 0 Å². The lowest BCUT2D eigenvalue weighted by Crippen LogP contribution is -2.48. The molecule has 0 spiro atoms. The number of anilines is 1. The van der Waals surface area contributed by atoms with Crippen molar-refractivity contribution < 1.29 is 18.7 Å². The number of amides is 2. The third-order valence-electron chi connectivity index (χ3n) is 4.29. The second-order valence-corrected chi connectivity index (χ2v) is 7.45. The van der Waals surface area contributed by atoms with Crippen molar-refractivity contribution in [3.63, 3.8) is 0 Å². The van der Waals surface area contributed by atoms with Crippen molar-refractivity contribution in [2.45, 2.75) is 26.1 Å². The van der Waals surface area contributed by atoms with E-state index in [2.05, 4.69) is 21.2 Å². The molecule has 0 aliphatic carbocycles. The standard InChI is InChI=1S/C20H20BrFN2O3/c1-12-10-24(11-13(2)27-12)20(26)15-5-3-4-6-18(15)23-19(25)16-9-14(22)7-8-17(16)21/h3-9,12-13H,10-11H2,1-2H3,(H,23,25). The fourth-order valence-corrected chi connectivity index (χ4v) is 3.58. The first-order valence-corrected chi connectivity index (χ1v) is 9.44. The van der Waals surface area contributed by atoms with Crippen LogP contribution in [0.2, 0.25) is 0 Å². The van der Waals surface area contributed by atoms with Crippen molar-refractivity contribution in [1.29, 1.82) is 0 Å². The Morgan fingerprint density at radius 1 is 1.11 bits per heavy atom. The smallest absolute Gasteiger partial charge is 0.256 e. The Morgan fingerprint density at radius 2 is 1.78 bits per heavy atom. The highest BCUT2D eigenvalue weighted by molar-refractivity contribution is 9.10. The van der Waals surface area contributed by atoms with E-state index in [1.54, 1.807) is 29.2 Å². The van der Waals surface area contributed by atoms with Crippen molar-refractivity contribution in [3.8, 4) is 0 Å². The summed E-state index contributed by atoms with van der Waals surface area (Å²) in [4.78, 5) is 27.3. The normalized spacial score (nSPS) is 19.6. The number of morpholine rings is 1. The van der Waals surface area contributed by atoms with Crippen molar-refractivity contribution in [1.82, 2.24) is 4.90 Å². The number of ether oxygens (including phenoxy) is 1. The minimum Gasteiger partial charge on any atom is -0.372 e. The van der Waals surface area contributed by atoms with Gasteiger partial charge in [-0.1, -0.05) is 12.1 Å². The van der Waals surface area contributed by atoms with Crippen LogP contribution in [0.3, 0.4) is 0 Å². The Balaban J connectivity index is 1.84. The third-order valence-corrected chi connectivity index (χ3v) is 4.98. The minimum atomic E-state index is -0.510. The van der Waals surface area contributed by atoms with E-state index in [9.17, 15) is 14.0 Å². The van der Waals surface area contributed by atoms with Crippen LogP contribution in [0.1, 0.15) is 34.6 Å². The molecule has 5 nitrogen and oxygen atoms in total. The van der Waals surface area contributed by atoms with Gasteiger partial charge in [-0.15, -0.1) is 0 Å². The van der Waals surface area contributed by atoms with E-state index in [4.69, 9.17) is 4.74 Å². The number of nitrogens with zero attached hydrogens (tertiary/aromatic N) is 1. The monoisotopic (exact) mass is 434 g/mol. The summed E-state index contributed by atoms with van der Waals surface area (Å²) in [5.41, 5.74) is 0.931. The number of rotatable bonds is 3. The average Bonchev–Trinajstić information content (AvgIpc) is 2.62. The zero-order valence-corrected chi connectivity index (χ0v) is 16.6. The van der Waals surface area contributed by atoms with Crippen molar-refractivity contribution >= 4 is 33.4 Å². The summed E-state index contributed by atoms with van der Waals surface area (Å²) in [6.07, 6.45) is -0.106. The van der Waals surface area contributed by atoms with Gasteiger partial charge < -0.3 is 15.0 Å². The van der Waals surface area contributed by atoms with Crippen LogP contribution in [-0.2, 0) is 4.74 Å². The van der Waals surface area contributed by atoms with E-state index in [0.29, 0.717) is 28.8 Å². The first kappa shape index (κ1) is 19.5. The van der Waals surface area contributed by atoms with Crippen LogP contribution in [0.4, 0.5) is 10.1 Å². The molecule has 0 bridgehead atoms. The van der Waals surface area contributed by atoms with Crippen molar-refractivity contribution in [3.05, 3.63) is 63.9 Å². The van der Waals surface area contributed by atoms with Crippen LogP contribution in [0, 0.1) is 5.82 Å². The molecule has 0 aromatic heterocycles. The van der Waals surface area contributed by atoms with E-state index in [-0.39, 0.29) is 23.7 Å². The zero-order valence-electron chi connectivity index (χ0n) is 15.0. The van der Waals surface area contributed by atoms with E-state index in [1.807, 2.05) is 13.8 Å². The predicted octanol–water partition coefficient (Wildman–Crippen LogP) is 4.09. The molecule has 3 rings (SSSR count).